The van der Waals surface area contributed by atoms with Crippen molar-refractivity contribution >= 4 is 17.5 Å². The van der Waals surface area contributed by atoms with E-state index < -0.39 is 4.92 Å². The van der Waals surface area contributed by atoms with E-state index in [1.165, 1.54) is 18.2 Å². The number of benzene rings is 2. The van der Waals surface area contributed by atoms with Crippen LogP contribution in [0, 0.1) is 21.4 Å². The summed E-state index contributed by atoms with van der Waals surface area (Å²) in [6, 6.07) is 14.2. The molecule has 2 aromatic carbocycles. The highest BCUT2D eigenvalue weighted by Crippen LogP contribution is 2.13. The Kier molecular flexibility index (Phi) is 4.22. The molecule has 0 atom stereocenters. The first-order chi connectivity index (χ1) is 10.1. The lowest BCUT2D eigenvalue weighted by atomic mass is 10.1. The molecule has 0 radical (unpaired) electrons. The molecule has 0 unspecified atom stereocenters. The summed E-state index contributed by atoms with van der Waals surface area (Å²) < 4.78 is 0. The molecular weight excluding hydrogens is 268 g/mol. The zero-order chi connectivity index (χ0) is 15.2. The van der Waals surface area contributed by atoms with Gasteiger partial charge < -0.3 is 0 Å². The minimum Gasteiger partial charge on any atom is -0.289 e. The summed E-state index contributed by atoms with van der Waals surface area (Å²) in [5.41, 5.74) is 1.67. The predicted octanol–water partition coefficient (Wildman–Crippen LogP) is 3.36. The van der Waals surface area contributed by atoms with Crippen LogP contribution in [0.1, 0.15) is 21.5 Å². The molecule has 5 heteroatoms. The number of ketones is 1. The lowest BCUT2D eigenvalue weighted by Crippen LogP contribution is -1.93. The average molecular weight is 278 g/mol. The maximum atomic E-state index is 11.9. The van der Waals surface area contributed by atoms with Crippen LogP contribution < -0.4 is 0 Å². The fraction of sp³-hybridized carbons (Fsp3) is 0. The quantitative estimate of drug-likeness (QED) is 0.371. The molecule has 0 N–H and O–H groups in total. The summed E-state index contributed by atoms with van der Waals surface area (Å²) >= 11 is 0. The van der Waals surface area contributed by atoms with Crippen LogP contribution in [-0.2, 0) is 0 Å². The molecule has 102 valence electrons. The van der Waals surface area contributed by atoms with Gasteiger partial charge in [0.1, 0.15) is 0 Å². The third kappa shape index (κ3) is 3.61. The normalized spacial score (nSPS) is 10.2. The summed E-state index contributed by atoms with van der Waals surface area (Å²) in [5.74, 6) is -0.196. The van der Waals surface area contributed by atoms with Crippen molar-refractivity contribution in [2.45, 2.75) is 0 Å². The van der Waals surface area contributed by atoms with Crippen molar-refractivity contribution in [3.63, 3.8) is 0 Å². The molecule has 0 amide bonds. The highest BCUT2D eigenvalue weighted by atomic mass is 16.6. The number of nitriles is 1. The molecule has 0 fully saturated rings. The fourth-order valence-corrected chi connectivity index (χ4v) is 1.68. The summed E-state index contributed by atoms with van der Waals surface area (Å²) in [5, 5.41) is 19.2. The van der Waals surface area contributed by atoms with Crippen LogP contribution in [0.25, 0.3) is 6.08 Å². The van der Waals surface area contributed by atoms with Crippen LogP contribution >= 0.6 is 0 Å². The average Bonchev–Trinajstić information content (AvgIpc) is 2.53. The Bertz CT molecular complexity index is 739. The molecule has 21 heavy (non-hydrogen) atoms. The molecule has 5 nitrogen and oxygen atoms in total. The molecule has 0 aliphatic rings. The van der Waals surface area contributed by atoms with Crippen LogP contribution in [0.4, 0.5) is 5.69 Å². The second-order valence-corrected chi connectivity index (χ2v) is 4.24. The van der Waals surface area contributed by atoms with Crippen molar-refractivity contribution in [2.75, 3.05) is 0 Å². The molecule has 0 heterocycles. The van der Waals surface area contributed by atoms with E-state index in [0.29, 0.717) is 16.7 Å². The number of hydrogen-bond donors (Lipinski definition) is 0. The first-order valence-corrected chi connectivity index (χ1v) is 6.07. The third-order valence-corrected chi connectivity index (χ3v) is 2.83. The largest absolute Gasteiger partial charge is 0.289 e. The standard InChI is InChI=1S/C16H10N2O3/c17-11-13-1-6-14(7-2-13)16(19)10-5-12-3-8-15(9-4-12)18(20)21/h1-10H. The zero-order valence-corrected chi connectivity index (χ0v) is 10.9. The van der Waals surface area contributed by atoms with Gasteiger partial charge in [0.05, 0.1) is 16.6 Å². The SMILES string of the molecule is N#Cc1ccc(C(=O)C=Cc2ccc([N+](=O)[O-])cc2)cc1. The van der Waals surface area contributed by atoms with Gasteiger partial charge in [-0.05, 0) is 48.0 Å². The maximum Gasteiger partial charge on any atom is 0.269 e. The van der Waals surface area contributed by atoms with Gasteiger partial charge in [-0.1, -0.05) is 6.08 Å². The number of rotatable bonds is 4. The van der Waals surface area contributed by atoms with E-state index in [9.17, 15) is 14.9 Å². The molecule has 0 saturated carbocycles. The second kappa shape index (κ2) is 6.26. The number of carbonyl (C=O) groups is 1. The summed E-state index contributed by atoms with van der Waals surface area (Å²) in [7, 11) is 0. The number of nitro benzene ring substituents is 1. The van der Waals surface area contributed by atoms with Crippen LogP contribution in [0.15, 0.2) is 54.6 Å². The van der Waals surface area contributed by atoms with Gasteiger partial charge in [-0.25, -0.2) is 0 Å². The Hall–Kier alpha value is -3.26. The number of hydrogen-bond acceptors (Lipinski definition) is 4. The minimum absolute atomic E-state index is 0.00516. The molecule has 0 aliphatic carbocycles. The lowest BCUT2D eigenvalue weighted by Gasteiger charge is -1.96. The molecular formula is C16H10N2O3. The third-order valence-electron chi connectivity index (χ3n) is 2.83. The van der Waals surface area contributed by atoms with E-state index in [4.69, 9.17) is 5.26 Å². The first-order valence-electron chi connectivity index (χ1n) is 6.07. The topological polar surface area (TPSA) is 84.0 Å². The molecule has 0 saturated heterocycles. The van der Waals surface area contributed by atoms with Crippen molar-refractivity contribution in [2.24, 2.45) is 0 Å². The van der Waals surface area contributed by atoms with Crippen molar-refractivity contribution < 1.29 is 9.72 Å². The van der Waals surface area contributed by atoms with Crippen LogP contribution in [0.5, 0.6) is 0 Å². The molecule has 0 aliphatic heterocycles. The Morgan fingerprint density at radius 2 is 1.71 bits per heavy atom. The monoisotopic (exact) mass is 278 g/mol. The highest BCUT2D eigenvalue weighted by Gasteiger charge is 2.04. The van der Waals surface area contributed by atoms with Gasteiger partial charge in [0.15, 0.2) is 5.78 Å². The van der Waals surface area contributed by atoms with Gasteiger partial charge in [0.2, 0.25) is 0 Å². The zero-order valence-electron chi connectivity index (χ0n) is 10.9. The van der Waals surface area contributed by atoms with E-state index in [-0.39, 0.29) is 11.5 Å². The van der Waals surface area contributed by atoms with Gasteiger partial charge in [0, 0.05) is 17.7 Å². The van der Waals surface area contributed by atoms with Crippen LogP contribution in [0.3, 0.4) is 0 Å². The minimum atomic E-state index is -0.477. The van der Waals surface area contributed by atoms with Gasteiger partial charge in [-0.15, -0.1) is 0 Å². The highest BCUT2D eigenvalue weighted by molar-refractivity contribution is 6.06. The smallest absolute Gasteiger partial charge is 0.269 e. The van der Waals surface area contributed by atoms with Crippen LogP contribution in [0.2, 0.25) is 0 Å². The first kappa shape index (κ1) is 14.2. The summed E-state index contributed by atoms with van der Waals surface area (Å²) in [6.45, 7) is 0. The lowest BCUT2D eigenvalue weighted by molar-refractivity contribution is -0.384. The van der Waals surface area contributed by atoms with Crippen molar-refractivity contribution in [1.29, 1.82) is 5.26 Å². The predicted molar refractivity (Wildman–Crippen MR) is 77.6 cm³/mol. The van der Waals surface area contributed by atoms with Crippen molar-refractivity contribution in [1.82, 2.24) is 0 Å². The Balaban J connectivity index is 2.10. The van der Waals surface area contributed by atoms with E-state index >= 15 is 0 Å². The van der Waals surface area contributed by atoms with Gasteiger partial charge in [0.25, 0.3) is 5.69 Å². The van der Waals surface area contributed by atoms with E-state index in [0.717, 1.165) is 0 Å². The summed E-state index contributed by atoms with van der Waals surface area (Å²) in [6.07, 6.45) is 2.98. The van der Waals surface area contributed by atoms with E-state index in [1.54, 1.807) is 42.5 Å². The van der Waals surface area contributed by atoms with Gasteiger partial charge in [-0.2, -0.15) is 5.26 Å². The molecule has 0 spiro atoms. The van der Waals surface area contributed by atoms with Crippen molar-refractivity contribution in [3.8, 4) is 6.07 Å². The Labute approximate surface area is 120 Å². The number of carbonyl (C=O) groups excluding carboxylic acids is 1. The Morgan fingerprint density at radius 3 is 2.24 bits per heavy atom. The number of nitro groups is 1. The fourth-order valence-electron chi connectivity index (χ4n) is 1.68. The van der Waals surface area contributed by atoms with Crippen molar-refractivity contribution in [3.05, 3.63) is 81.4 Å². The maximum absolute atomic E-state index is 11.9. The molecule has 0 aromatic heterocycles. The van der Waals surface area contributed by atoms with E-state index in [2.05, 4.69) is 0 Å². The van der Waals surface area contributed by atoms with E-state index in [1.807, 2.05) is 6.07 Å². The second-order valence-electron chi connectivity index (χ2n) is 4.24. The van der Waals surface area contributed by atoms with Crippen LogP contribution in [-0.4, -0.2) is 10.7 Å². The number of non-ortho nitro benzene ring substituents is 1. The number of nitrogens with zero attached hydrogens (tertiary/aromatic N) is 2. The Morgan fingerprint density at radius 1 is 1.10 bits per heavy atom. The van der Waals surface area contributed by atoms with Gasteiger partial charge >= 0.3 is 0 Å². The molecule has 2 aromatic rings. The van der Waals surface area contributed by atoms with Gasteiger partial charge in [-0.3, -0.25) is 14.9 Å². The summed E-state index contributed by atoms with van der Waals surface area (Å²) in [4.78, 5) is 22.0. The molecule has 2 rings (SSSR count). The number of allylic oxidation sites excluding steroid dienone is 1. The molecule has 0 bridgehead atoms.